The lowest BCUT2D eigenvalue weighted by Crippen LogP contribution is -2.37. The van der Waals surface area contributed by atoms with Gasteiger partial charge in [-0.3, -0.25) is 14.4 Å². The number of hydrogen-bond donors (Lipinski definition) is 0. The molecule has 0 fully saturated rings. The quantitative estimate of drug-likeness (QED) is 0.832. The third-order valence-electron chi connectivity index (χ3n) is 5.48. The van der Waals surface area contributed by atoms with Gasteiger partial charge in [0, 0.05) is 12.0 Å². The Morgan fingerprint density at radius 2 is 1.65 bits per heavy atom. The Balaban J connectivity index is 2.11. The summed E-state index contributed by atoms with van der Waals surface area (Å²) in [6.45, 7) is 8.23. The average Bonchev–Trinajstić information content (AvgIpc) is 2.85. The van der Waals surface area contributed by atoms with Crippen LogP contribution in [0.5, 0.6) is 0 Å². The van der Waals surface area contributed by atoms with Gasteiger partial charge >= 0.3 is 0 Å². The number of rotatable bonds is 2. The lowest BCUT2D eigenvalue weighted by Gasteiger charge is -2.30. The summed E-state index contributed by atoms with van der Waals surface area (Å²) >= 11 is 0. The Bertz CT molecular complexity index is 1080. The maximum atomic E-state index is 13.2. The van der Waals surface area contributed by atoms with Crippen molar-refractivity contribution < 1.29 is 4.79 Å². The van der Waals surface area contributed by atoms with E-state index in [2.05, 4.69) is 13.8 Å². The number of allylic oxidation sites excluding steroid dienone is 2. The predicted octanol–water partition coefficient (Wildman–Crippen LogP) is 3.36. The number of fused-ring (bicyclic) bond motifs is 3. The summed E-state index contributed by atoms with van der Waals surface area (Å²) in [4.78, 5) is 39.5. The van der Waals surface area contributed by atoms with Crippen molar-refractivity contribution in [1.29, 1.82) is 0 Å². The number of carbonyl (C=O) groups excluding carboxylic acids is 1. The zero-order valence-corrected chi connectivity index (χ0v) is 15.7. The second-order valence-corrected chi connectivity index (χ2v) is 8.76. The van der Waals surface area contributed by atoms with Crippen LogP contribution in [0.4, 0.5) is 0 Å². The van der Waals surface area contributed by atoms with Crippen molar-refractivity contribution in [2.45, 2.75) is 53.0 Å². The molecule has 1 unspecified atom stereocenters. The van der Waals surface area contributed by atoms with Crippen molar-refractivity contribution in [1.82, 2.24) is 9.36 Å². The maximum Gasteiger partial charge on any atom is 0.277 e. The number of nitrogens with zero attached hydrogens (tertiary/aromatic N) is 2. The largest absolute Gasteiger partial charge is 0.294 e. The minimum Gasteiger partial charge on any atom is -0.294 e. The normalized spacial score (nSPS) is 21.4. The highest BCUT2D eigenvalue weighted by molar-refractivity contribution is 6.04. The Labute approximate surface area is 151 Å². The first-order valence-corrected chi connectivity index (χ1v) is 9.24. The van der Waals surface area contributed by atoms with E-state index in [1.54, 1.807) is 28.9 Å². The van der Waals surface area contributed by atoms with E-state index < -0.39 is 0 Å². The zero-order valence-electron chi connectivity index (χ0n) is 15.7. The average molecular weight is 352 g/mol. The molecule has 2 heterocycles. The van der Waals surface area contributed by atoms with Crippen molar-refractivity contribution in [3.63, 3.8) is 0 Å². The van der Waals surface area contributed by atoms with Gasteiger partial charge in [-0.1, -0.05) is 39.8 Å². The van der Waals surface area contributed by atoms with E-state index in [0.29, 0.717) is 41.5 Å². The van der Waals surface area contributed by atoms with E-state index in [9.17, 15) is 14.4 Å². The van der Waals surface area contributed by atoms with Crippen molar-refractivity contribution in [2.75, 3.05) is 0 Å². The van der Waals surface area contributed by atoms with Crippen molar-refractivity contribution in [3.8, 4) is 0 Å². The lowest BCUT2D eigenvalue weighted by molar-refractivity contribution is -0.118. The first kappa shape index (κ1) is 17.0. The van der Waals surface area contributed by atoms with Gasteiger partial charge in [-0.15, -0.1) is 0 Å². The molecular formula is C21H24N2O3. The molecule has 26 heavy (non-hydrogen) atoms. The SMILES string of the molecule is CC(C)CC1C2=C(CC(C)(C)CC2=O)n2c(=O)c3ccccc3c(=O)n21. The molecule has 2 aliphatic rings. The molecule has 1 aromatic heterocycles. The van der Waals surface area contributed by atoms with Crippen LogP contribution in [0.1, 0.15) is 53.0 Å². The molecule has 1 aromatic carbocycles. The number of Topliss-reactive ketones (excluding diaryl/α,β-unsaturated/α-hetero) is 1. The smallest absolute Gasteiger partial charge is 0.277 e. The molecule has 0 bridgehead atoms. The Kier molecular flexibility index (Phi) is 3.62. The molecule has 5 nitrogen and oxygen atoms in total. The maximum absolute atomic E-state index is 13.2. The van der Waals surface area contributed by atoms with Gasteiger partial charge in [0.2, 0.25) is 0 Å². The number of carbonyl (C=O) groups is 1. The molecule has 5 heteroatoms. The molecule has 0 spiro atoms. The summed E-state index contributed by atoms with van der Waals surface area (Å²) in [7, 11) is 0. The molecule has 0 saturated heterocycles. The molecule has 0 N–H and O–H groups in total. The second kappa shape index (κ2) is 5.53. The standard InChI is InChI=1S/C21H24N2O3/c1-12(2)9-15-18-16(10-21(3,4)11-17(18)24)23-20(26)14-8-6-5-7-13(14)19(25)22(15)23/h5-8,12,15H,9-11H2,1-4H3. The molecule has 0 amide bonds. The molecule has 136 valence electrons. The zero-order chi connectivity index (χ0) is 18.8. The molecule has 4 rings (SSSR count). The molecule has 1 atom stereocenters. The minimum absolute atomic E-state index is 0.0703. The van der Waals surface area contributed by atoms with E-state index in [1.165, 1.54) is 4.68 Å². The van der Waals surface area contributed by atoms with Crippen molar-refractivity contribution in [3.05, 3.63) is 50.5 Å². The fourth-order valence-corrected chi connectivity index (χ4v) is 4.47. The van der Waals surface area contributed by atoms with E-state index in [0.717, 1.165) is 5.70 Å². The van der Waals surface area contributed by atoms with Crippen molar-refractivity contribution in [2.24, 2.45) is 11.3 Å². The summed E-state index contributed by atoms with van der Waals surface area (Å²) in [6, 6.07) is 6.58. The van der Waals surface area contributed by atoms with Gasteiger partial charge in [0.1, 0.15) is 0 Å². The van der Waals surface area contributed by atoms with E-state index in [4.69, 9.17) is 0 Å². The topological polar surface area (TPSA) is 61.1 Å². The fraction of sp³-hybridized carbons (Fsp3) is 0.476. The van der Waals surface area contributed by atoms with Crippen LogP contribution in [-0.4, -0.2) is 15.1 Å². The van der Waals surface area contributed by atoms with Crippen LogP contribution in [0.3, 0.4) is 0 Å². The summed E-state index contributed by atoms with van der Waals surface area (Å²) in [5, 5.41) is 0.843. The molecule has 0 radical (unpaired) electrons. The van der Waals surface area contributed by atoms with Crippen LogP contribution >= 0.6 is 0 Å². The second-order valence-electron chi connectivity index (χ2n) is 8.76. The molecule has 1 aliphatic carbocycles. The van der Waals surface area contributed by atoms with Gasteiger partial charge in [-0.05, 0) is 36.3 Å². The highest BCUT2D eigenvalue weighted by Gasteiger charge is 2.43. The number of benzene rings is 1. The first-order chi connectivity index (χ1) is 12.2. The molecule has 1 aliphatic heterocycles. The summed E-state index contributed by atoms with van der Waals surface area (Å²) in [6.07, 6.45) is 1.75. The van der Waals surface area contributed by atoms with E-state index >= 15 is 0 Å². The first-order valence-electron chi connectivity index (χ1n) is 9.24. The number of aromatic nitrogens is 2. The van der Waals surface area contributed by atoms with Crippen LogP contribution in [0.2, 0.25) is 0 Å². The summed E-state index contributed by atoms with van der Waals surface area (Å²) in [5.74, 6) is 0.373. The van der Waals surface area contributed by atoms with Crippen LogP contribution in [0.15, 0.2) is 39.4 Å². The Hall–Kier alpha value is -2.43. The lowest BCUT2D eigenvalue weighted by atomic mass is 9.74. The third-order valence-corrected chi connectivity index (χ3v) is 5.48. The number of hydrogen-bond acceptors (Lipinski definition) is 3. The minimum atomic E-state index is -0.349. The Morgan fingerprint density at radius 1 is 1.04 bits per heavy atom. The summed E-state index contributed by atoms with van der Waals surface area (Å²) in [5.41, 5.74) is 0.793. The van der Waals surface area contributed by atoms with Gasteiger partial charge in [-0.2, -0.15) is 0 Å². The van der Waals surface area contributed by atoms with Crippen LogP contribution in [0, 0.1) is 11.3 Å². The monoisotopic (exact) mass is 352 g/mol. The summed E-state index contributed by atoms with van der Waals surface area (Å²) < 4.78 is 3.06. The van der Waals surface area contributed by atoms with E-state index in [-0.39, 0.29) is 28.4 Å². The van der Waals surface area contributed by atoms with E-state index in [1.807, 2.05) is 13.8 Å². The third kappa shape index (κ3) is 2.33. The molecule has 2 aromatic rings. The van der Waals surface area contributed by atoms with Crippen LogP contribution < -0.4 is 11.1 Å². The van der Waals surface area contributed by atoms with Gasteiger partial charge in [0.15, 0.2) is 5.78 Å². The van der Waals surface area contributed by atoms with Crippen LogP contribution in [-0.2, 0) is 4.79 Å². The fourth-order valence-electron chi connectivity index (χ4n) is 4.47. The predicted molar refractivity (Wildman–Crippen MR) is 102 cm³/mol. The van der Waals surface area contributed by atoms with Crippen LogP contribution in [0.25, 0.3) is 16.5 Å². The highest BCUT2D eigenvalue weighted by atomic mass is 16.2. The highest BCUT2D eigenvalue weighted by Crippen LogP contribution is 2.46. The van der Waals surface area contributed by atoms with Gasteiger partial charge < -0.3 is 0 Å². The van der Waals surface area contributed by atoms with Gasteiger partial charge in [0.05, 0.1) is 22.5 Å². The Morgan fingerprint density at radius 3 is 2.27 bits per heavy atom. The van der Waals surface area contributed by atoms with Gasteiger partial charge in [0.25, 0.3) is 11.1 Å². The number of ketones is 1. The molecule has 0 saturated carbocycles. The molecular weight excluding hydrogens is 328 g/mol. The van der Waals surface area contributed by atoms with Crippen molar-refractivity contribution >= 4 is 22.3 Å². The van der Waals surface area contributed by atoms with Gasteiger partial charge in [-0.25, -0.2) is 9.36 Å².